The minimum atomic E-state index is -1.43. The third-order valence-electron chi connectivity index (χ3n) is 5.81. The van der Waals surface area contributed by atoms with Gasteiger partial charge in [-0.1, -0.05) is 93.6 Å². The number of halogens is 4. The quantitative estimate of drug-likeness (QED) is 0.212. The van der Waals surface area contributed by atoms with E-state index in [0.29, 0.717) is 11.1 Å². The predicted octanol–water partition coefficient (Wildman–Crippen LogP) is 7.66. The monoisotopic (exact) mass is 412 g/mol. The van der Waals surface area contributed by atoms with Gasteiger partial charge >= 0.3 is 0 Å². The molecule has 0 spiro atoms. The van der Waals surface area contributed by atoms with Gasteiger partial charge in [0.05, 0.1) is 11.0 Å². The van der Waals surface area contributed by atoms with E-state index in [9.17, 15) is 8.78 Å². The molecule has 4 heteroatoms. The van der Waals surface area contributed by atoms with E-state index in [1.807, 2.05) is 13.8 Å². The summed E-state index contributed by atoms with van der Waals surface area (Å²) in [5, 5.41) is 0. The topological polar surface area (TPSA) is 0 Å². The molecule has 0 saturated carbocycles. The first-order chi connectivity index (χ1) is 14.4. The van der Waals surface area contributed by atoms with Gasteiger partial charge in [0.2, 0.25) is 0 Å². The third kappa shape index (κ3) is 3.55. The average Bonchev–Trinajstić information content (AvgIpc) is 2.78. The van der Waals surface area contributed by atoms with Crippen LogP contribution in [0.2, 0.25) is 0 Å². The molecule has 0 saturated heterocycles. The van der Waals surface area contributed by atoms with Crippen molar-refractivity contribution in [2.24, 2.45) is 5.92 Å². The molecule has 0 aliphatic carbocycles. The second kappa shape index (κ2) is 8.86. The lowest BCUT2D eigenvalue weighted by atomic mass is 9.64. The molecule has 3 rings (SSSR count). The van der Waals surface area contributed by atoms with Crippen LogP contribution in [0.4, 0.5) is 17.6 Å². The Labute approximate surface area is 174 Å². The number of benzene rings is 3. The Hall–Kier alpha value is -2.88. The predicted molar refractivity (Wildman–Crippen MR) is 113 cm³/mol. The summed E-state index contributed by atoms with van der Waals surface area (Å²) in [5.74, 6) is -5.62. The van der Waals surface area contributed by atoms with Crippen molar-refractivity contribution in [2.45, 2.75) is 32.1 Å². The van der Waals surface area contributed by atoms with E-state index < -0.39 is 39.8 Å². The fourth-order valence-corrected chi connectivity index (χ4v) is 4.11. The normalized spacial score (nSPS) is 12.6. The van der Waals surface area contributed by atoms with Crippen molar-refractivity contribution in [3.63, 3.8) is 0 Å². The van der Waals surface area contributed by atoms with Crippen molar-refractivity contribution in [1.82, 2.24) is 0 Å². The molecule has 0 aromatic heterocycles. The molecule has 0 N–H and O–H groups in total. The fraction of sp³-hybridized carbons (Fsp3) is 0.231. The molecule has 0 bridgehead atoms. The molecule has 30 heavy (non-hydrogen) atoms. The molecule has 156 valence electrons. The Bertz CT molecular complexity index is 957. The van der Waals surface area contributed by atoms with E-state index in [1.165, 1.54) is 0 Å². The molecule has 0 heterocycles. The van der Waals surface area contributed by atoms with Gasteiger partial charge in [0.1, 0.15) is 0 Å². The highest BCUT2D eigenvalue weighted by atomic mass is 19.2. The molecule has 0 radical (unpaired) electrons. The lowest BCUT2D eigenvalue weighted by molar-refractivity contribution is 0.365. The van der Waals surface area contributed by atoms with E-state index in [4.69, 9.17) is 0 Å². The van der Waals surface area contributed by atoms with Crippen LogP contribution >= 0.6 is 0 Å². The maximum absolute atomic E-state index is 15.5. The third-order valence-corrected chi connectivity index (χ3v) is 5.81. The Balaban J connectivity index is 2.52. The molecular formula is C26H24F4. The van der Waals surface area contributed by atoms with Crippen molar-refractivity contribution in [2.75, 3.05) is 0 Å². The average molecular weight is 412 g/mol. The Morgan fingerprint density at radius 3 is 1.60 bits per heavy atom. The molecule has 0 aliphatic heterocycles. The molecule has 1 atom stereocenters. The van der Waals surface area contributed by atoms with Crippen molar-refractivity contribution in [1.29, 1.82) is 0 Å². The number of hydrogen-bond acceptors (Lipinski definition) is 0. The van der Waals surface area contributed by atoms with E-state index in [2.05, 4.69) is 6.58 Å². The molecule has 1 unspecified atom stereocenters. The van der Waals surface area contributed by atoms with Gasteiger partial charge in [-0.25, -0.2) is 17.6 Å². The van der Waals surface area contributed by atoms with E-state index in [0.717, 1.165) is 12.5 Å². The highest BCUT2D eigenvalue weighted by Gasteiger charge is 2.44. The summed E-state index contributed by atoms with van der Waals surface area (Å²) >= 11 is 0. The second-order valence-electron chi connectivity index (χ2n) is 7.60. The lowest BCUT2D eigenvalue weighted by Gasteiger charge is -2.38. The van der Waals surface area contributed by atoms with Crippen molar-refractivity contribution >= 4 is 6.08 Å². The fourth-order valence-electron chi connectivity index (χ4n) is 4.11. The lowest BCUT2D eigenvalue weighted by Crippen LogP contribution is -2.35. The summed E-state index contributed by atoms with van der Waals surface area (Å²) in [7, 11) is 0. The van der Waals surface area contributed by atoms with Gasteiger partial charge < -0.3 is 0 Å². The van der Waals surface area contributed by atoms with Crippen LogP contribution in [0, 0.1) is 29.2 Å². The van der Waals surface area contributed by atoms with E-state index in [1.54, 1.807) is 60.7 Å². The van der Waals surface area contributed by atoms with Gasteiger partial charge in [0.15, 0.2) is 23.3 Å². The Morgan fingerprint density at radius 2 is 1.23 bits per heavy atom. The van der Waals surface area contributed by atoms with Gasteiger partial charge in [-0.3, -0.25) is 0 Å². The van der Waals surface area contributed by atoms with Crippen LogP contribution in [-0.4, -0.2) is 0 Å². The number of hydrogen-bond donors (Lipinski definition) is 0. The molecule has 0 aliphatic rings. The molecule has 0 fully saturated rings. The molecule has 0 nitrogen and oxygen atoms in total. The zero-order valence-electron chi connectivity index (χ0n) is 17.1. The Morgan fingerprint density at radius 1 is 0.800 bits per heavy atom. The van der Waals surface area contributed by atoms with Crippen molar-refractivity contribution in [3.05, 3.63) is 113 Å². The van der Waals surface area contributed by atoms with Crippen LogP contribution in [0.25, 0.3) is 6.08 Å². The first-order valence-electron chi connectivity index (χ1n) is 9.98. The SMILES string of the molecule is C=Cc1c(F)c(F)c(C(CC(C)CC)(c2ccccc2)c2ccccc2)c(F)c1F. The maximum Gasteiger partial charge on any atom is 0.169 e. The summed E-state index contributed by atoms with van der Waals surface area (Å²) < 4.78 is 60.6. The highest BCUT2D eigenvalue weighted by molar-refractivity contribution is 5.57. The van der Waals surface area contributed by atoms with Crippen LogP contribution < -0.4 is 0 Å². The Kier molecular flexibility index (Phi) is 6.45. The summed E-state index contributed by atoms with van der Waals surface area (Å²) in [6.07, 6.45) is 1.81. The van der Waals surface area contributed by atoms with Crippen LogP contribution in [0.5, 0.6) is 0 Å². The minimum absolute atomic E-state index is 0.0226. The second-order valence-corrected chi connectivity index (χ2v) is 7.60. The molecule has 3 aromatic carbocycles. The highest BCUT2D eigenvalue weighted by Crippen LogP contribution is 2.47. The first kappa shape index (κ1) is 21.8. The van der Waals surface area contributed by atoms with Gasteiger partial charge in [-0.15, -0.1) is 0 Å². The summed E-state index contributed by atoms with van der Waals surface area (Å²) in [6, 6.07) is 17.6. The zero-order valence-corrected chi connectivity index (χ0v) is 17.1. The van der Waals surface area contributed by atoms with Gasteiger partial charge in [-0.05, 0) is 23.5 Å². The first-order valence-corrected chi connectivity index (χ1v) is 9.98. The summed E-state index contributed by atoms with van der Waals surface area (Å²) in [6.45, 7) is 7.22. The molecule has 3 aromatic rings. The van der Waals surface area contributed by atoms with Crippen LogP contribution in [0.3, 0.4) is 0 Å². The zero-order chi connectivity index (χ0) is 21.9. The smallest absolute Gasteiger partial charge is 0.169 e. The van der Waals surface area contributed by atoms with Gasteiger partial charge in [0, 0.05) is 5.56 Å². The van der Waals surface area contributed by atoms with Crippen LogP contribution in [0.15, 0.2) is 67.2 Å². The van der Waals surface area contributed by atoms with Gasteiger partial charge in [0.25, 0.3) is 0 Å². The largest absolute Gasteiger partial charge is 0.203 e. The minimum Gasteiger partial charge on any atom is -0.203 e. The summed E-state index contributed by atoms with van der Waals surface area (Å²) in [5.41, 5.74) is -1.68. The number of rotatable bonds is 7. The molecule has 0 amide bonds. The van der Waals surface area contributed by atoms with Crippen LogP contribution in [0.1, 0.15) is 48.9 Å². The van der Waals surface area contributed by atoms with Crippen molar-refractivity contribution < 1.29 is 17.6 Å². The van der Waals surface area contributed by atoms with Gasteiger partial charge in [-0.2, -0.15) is 0 Å². The summed E-state index contributed by atoms with van der Waals surface area (Å²) in [4.78, 5) is 0. The molecular weight excluding hydrogens is 388 g/mol. The van der Waals surface area contributed by atoms with Crippen molar-refractivity contribution in [3.8, 4) is 0 Å². The van der Waals surface area contributed by atoms with Crippen LogP contribution in [-0.2, 0) is 5.41 Å². The standard InChI is InChI=1S/C26H24F4/c1-4-17(3)16-26(18-12-8-6-9-13-18,19-14-10-7-11-15-19)21-24(29)22(27)20(5-2)23(28)25(21)30/h5-15,17H,2,4,16H2,1,3H3. The van der Waals surface area contributed by atoms with E-state index in [-0.39, 0.29) is 12.3 Å². The van der Waals surface area contributed by atoms with E-state index >= 15 is 8.78 Å². The maximum atomic E-state index is 15.5.